The molecule has 2 heterocycles. The quantitative estimate of drug-likeness (QED) is 0.591. The maximum atomic E-state index is 14.1. The Hall–Kier alpha value is -3.76. The minimum absolute atomic E-state index is 0.153. The van der Waals surface area contributed by atoms with Crippen LogP contribution >= 0.6 is 11.8 Å². The zero-order valence-electron chi connectivity index (χ0n) is 18.0. The zero-order chi connectivity index (χ0) is 23.0. The number of thioether (sulfide) groups is 1. The van der Waals surface area contributed by atoms with Gasteiger partial charge in [-0.25, -0.2) is 0 Å². The first-order valence-corrected chi connectivity index (χ1v) is 11.6. The van der Waals surface area contributed by atoms with Crippen LogP contribution in [0.2, 0.25) is 0 Å². The Kier molecular flexibility index (Phi) is 5.31. The van der Waals surface area contributed by atoms with Gasteiger partial charge in [0.05, 0.1) is 31.0 Å². The number of rotatable bonds is 4. The molecule has 2 aliphatic rings. The van der Waals surface area contributed by atoms with Gasteiger partial charge in [-0.3, -0.25) is 9.59 Å². The van der Waals surface area contributed by atoms with Gasteiger partial charge in [0.15, 0.2) is 4.87 Å². The fraction of sp³-hybridized carbons (Fsp3) is 0.192. The monoisotopic (exact) mass is 455 g/mol. The summed E-state index contributed by atoms with van der Waals surface area (Å²) in [7, 11) is 1.59. The van der Waals surface area contributed by atoms with Crippen LogP contribution in [0.15, 0.2) is 72.8 Å². The highest BCUT2D eigenvalue weighted by atomic mass is 32.2. The summed E-state index contributed by atoms with van der Waals surface area (Å²) in [6.07, 6.45) is 0. The molecule has 2 aliphatic heterocycles. The first-order valence-electron chi connectivity index (χ1n) is 10.6. The van der Waals surface area contributed by atoms with Crippen LogP contribution in [0.25, 0.3) is 0 Å². The maximum Gasteiger partial charge on any atom is 0.268 e. The first-order chi connectivity index (χ1) is 16.1. The van der Waals surface area contributed by atoms with Crippen LogP contribution in [0.1, 0.15) is 27.0 Å². The fourth-order valence-electron chi connectivity index (χ4n) is 4.54. The molecule has 2 amide bonds. The van der Waals surface area contributed by atoms with Crippen molar-refractivity contribution in [2.45, 2.75) is 11.4 Å². The molecule has 0 bridgehead atoms. The van der Waals surface area contributed by atoms with Gasteiger partial charge in [-0.1, -0.05) is 30.3 Å². The number of nitrogens with zero attached hydrogens (tertiary/aromatic N) is 3. The van der Waals surface area contributed by atoms with Gasteiger partial charge in [-0.2, -0.15) is 5.26 Å². The minimum Gasteiger partial charge on any atom is -0.497 e. The zero-order valence-corrected chi connectivity index (χ0v) is 18.8. The Morgan fingerprint density at radius 1 is 1.12 bits per heavy atom. The molecule has 164 valence electrons. The number of hydrogen-bond acceptors (Lipinski definition) is 5. The van der Waals surface area contributed by atoms with E-state index in [1.54, 1.807) is 41.2 Å². The number of methoxy groups -OCH3 is 1. The summed E-state index contributed by atoms with van der Waals surface area (Å²) in [5.41, 5.74) is 3.46. The molecule has 7 heteroatoms. The minimum atomic E-state index is -1.15. The van der Waals surface area contributed by atoms with E-state index in [0.717, 1.165) is 16.8 Å². The smallest absolute Gasteiger partial charge is 0.268 e. The molecule has 1 spiro atoms. The number of hydrogen-bond donors (Lipinski definition) is 0. The number of fused-ring (bicyclic) bond motifs is 2. The van der Waals surface area contributed by atoms with E-state index in [2.05, 4.69) is 6.07 Å². The van der Waals surface area contributed by atoms with Crippen LogP contribution in [0, 0.1) is 11.3 Å². The van der Waals surface area contributed by atoms with Crippen LogP contribution in [-0.2, 0) is 16.2 Å². The van der Waals surface area contributed by atoms with E-state index in [9.17, 15) is 14.9 Å². The average molecular weight is 456 g/mol. The van der Waals surface area contributed by atoms with Gasteiger partial charge >= 0.3 is 0 Å². The molecular weight excluding hydrogens is 434 g/mol. The molecule has 1 saturated heterocycles. The highest BCUT2D eigenvalue weighted by molar-refractivity contribution is 8.01. The second kappa shape index (κ2) is 8.30. The summed E-state index contributed by atoms with van der Waals surface area (Å²) in [5, 5.41) is 9.27. The largest absolute Gasteiger partial charge is 0.497 e. The summed E-state index contributed by atoms with van der Waals surface area (Å²) in [6.45, 7) is 0.780. The van der Waals surface area contributed by atoms with E-state index in [0.29, 0.717) is 35.7 Å². The van der Waals surface area contributed by atoms with Gasteiger partial charge in [-0.15, -0.1) is 11.8 Å². The Morgan fingerprint density at radius 2 is 1.94 bits per heavy atom. The van der Waals surface area contributed by atoms with Crippen molar-refractivity contribution in [1.82, 2.24) is 4.90 Å². The first kappa shape index (κ1) is 21.1. The summed E-state index contributed by atoms with van der Waals surface area (Å²) in [5.74, 6) is 0.962. The molecule has 33 heavy (non-hydrogen) atoms. The number of nitriles is 1. The molecule has 0 radical (unpaired) electrons. The Balaban J connectivity index is 1.61. The van der Waals surface area contributed by atoms with E-state index in [-0.39, 0.29) is 11.8 Å². The SMILES string of the molecule is COc1ccc2c(c1)[C@]1(SCCN1C(=O)c1ccccc1)C(=O)N2Cc1cccc(C#N)c1. The topological polar surface area (TPSA) is 73.6 Å². The fourth-order valence-corrected chi connectivity index (χ4v) is 5.99. The second-order valence-corrected chi connectivity index (χ2v) is 9.19. The van der Waals surface area contributed by atoms with Crippen molar-refractivity contribution in [2.24, 2.45) is 0 Å². The summed E-state index contributed by atoms with van der Waals surface area (Å²) < 4.78 is 5.46. The van der Waals surface area contributed by atoms with Crippen molar-refractivity contribution in [3.8, 4) is 11.8 Å². The summed E-state index contributed by atoms with van der Waals surface area (Å²) in [4.78, 5) is 29.9. The standard InChI is InChI=1S/C26H21N3O3S/c1-32-21-10-11-23-22(15-21)26(25(31)28(23)17-19-7-5-6-18(14-19)16-27)29(12-13-33-26)24(30)20-8-3-2-4-9-20/h2-11,14-15H,12-13,17H2,1H3/t26-/m0/s1. The molecular formula is C26H21N3O3S. The van der Waals surface area contributed by atoms with Crippen molar-refractivity contribution >= 4 is 29.3 Å². The van der Waals surface area contributed by atoms with Crippen molar-refractivity contribution in [3.63, 3.8) is 0 Å². The molecule has 0 aliphatic carbocycles. The van der Waals surface area contributed by atoms with Crippen molar-refractivity contribution < 1.29 is 14.3 Å². The van der Waals surface area contributed by atoms with Crippen molar-refractivity contribution in [3.05, 3.63) is 95.1 Å². The Morgan fingerprint density at radius 3 is 2.70 bits per heavy atom. The lowest BCUT2D eigenvalue weighted by Gasteiger charge is -2.33. The third kappa shape index (κ3) is 3.35. The Labute approximate surface area is 196 Å². The average Bonchev–Trinajstić information content (AvgIpc) is 3.41. The van der Waals surface area contributed by atoms with Gasteiger partial charge in [0.2, 0.25) is 0 Å². The second-order valence-electron chi connectivity index (χ2n) is 7.90. The van der Waals surface area contributed by atoms with E-state index in [1.165, 1.54) is 11.8 Å². The van der Waals surface area contributed by atoms with Gasteiger partial charge in [0.25, 0.3) is 11.8 Å². The molecule has 0 saturated carbocycles. The molecule has 3 aromatic carbocycles. The van der Waals surface area contributed by atoms with Gasteiger partial charge in [0, 0.05) is 23.4 Å². The predicted molar refractivity (Wildman–Crippen MR) is 127 cm³/mol. The predicted octanol–water partition coefficient (Wildman–Crippen LogP) is 4.16. The summed E-state index contributed by atoms with van der Waals surface area (Å²) in [6, 6.07) is 24.0. The molecule has 6 nitrogen and oxygen atoms in total. The highest BCUT2D eigenvalue weighted by Gasteiger charge is 2.59. The molecule has 1 atom stereocenters. The molecule has 1 fully saturated rings. The van der Waals surface area contributed by atoms with Gasteiger partial charge in [0.1, 0.15) is 5.75 Å². The molecule has 3 aromatic rings. The number of carbonyl (C=O) groups excluding carboxylic acids is 2. The molecule has 0 aromatic heterocycles. The van der Waals surface area contributed by atoms with Crippen molar-refractivity contribution in [2.75, 3.05) is 24.3 Å². The Bertz CT molecular complexity index is 1290. The number of amides is 2. The maximum absolute atomic E-state index is 14.1. The lowest BCUT2D eigenvalue weighted by Crippen LogP contribution is -2.50. The van der Waals surface area contributed by atoms with Gasteiger partial charge in [-0.05, 0) is 48.0 Å². The van der Waals surface area contributed by atoms with Crippen LogP contribution in [0.3, 0.4) is 0 Å². The van der Waals surface area contributed by atoms with Crippen molar-refractivity contribution in [1.29, 1.82) is 5.26 Å². The van der Waals surface area contributed by atoms with E-state index < -0.39 is 4.87 Å². The normalized spacial score (nSPS) is 19.0. The lowest BCUT2D eigenvalue weighted by atomic mass is 10.0. The molecule has 5 rings (SSSR count). The molecule has 0 unspecified atom stereocenters. The highest BCUT2D eigenvalue weighted by Crippen LogP contribution is 2.55. The number of ether oxygens (including phenoxy) is 1. The third-order valence-corrected chi connectivity index (χ3v) is 7.48. The molecule has 0 N–H and O–H groups in total. The van der Waals surface area contributed by atoms with Crippen LogP contribution < -0.4 is 9.64 Å². The van der Waals surface area contributed by atoms with Gasteiger partial charge < -0.3 is 14.5 Å². The number of benzene rings is 3. The van der Waals surface area contributed by atoms with E-state index in [4.69, 9.17) is 4.74 Å². The van der Waals surface area contributed by atoms with Crippen LogP contribution in [0.4, 0.5) is 5.69 Å². The number of anilines is 1. The van der Waals surface area contributed by atoms with E-state index in [1.807, 2.05) is 48.5 Å². The van der Waals surface area contributed by atoms with Crippen LogP contribution in [-0.4, -0.2) is 36.1 Å². The summed E-state index contributed by atoms with van der Waals surface area (Å²) >= 11 is 1.48. The lowest BCUT2D eigenvalue weighted by molar-refractivity contribution is -0.123. The third-order valence-electron chi connectivity index (χ3n) is 6.06. The van der Waals surface area contributed by atoms with E-state index >= 15 is 0 Å². The number of carbonyl (C=O) groups is 2. The van der Waals surface area contributed by atoms with Crippen LogP contribution in [0.5, 0.6) is 5.75 Å².